The monoisotopic (exact) mass is 274 g/mol. The average molecular weight is 274 g/mol. The largest absolute Gasteiger partial charge is 0.469 e. The molecule has 0 saturated heterocycles. The van der Waals surface area contributed by atoms with E-state index in [2.05, 4.69) is 19.8 Å². The van der Waals surface area contributed by atoms with Crippen molar-refractivity contribution in [1.29, 1.82) is 0 Å². The van der Waals surface area contributed by atoms with Gasteiger partial charge in [0, 0.05) is 17.1 Å². The van der Waals surface area contributed by atoms with Gasteiger partial charge >= 0.3 is 5.97 Å². The molecule has 0 aliphatic heterocycles. The van der Waals surface area contributed by atoms with Crippen LogP contribution in [0, 0.1) is 0 Å². The first-order chi connectivity index (χ1) is 9.28. The second kappa shape index (κ2) is 4.77. The highest BCUT2D eigenvalue weighted by atomic mass is 32.1. The average Bonchev–Trinajstić information content (AvgIpc) is 3.06. The highest BCUT2D eigenvalue weighted by molar-refractivity contribution is 7.08. The number of hydrogen-bond donors (Lipinski definition) is 0. The Labute approximate surface area is 112 Å². The highest BCUT2D eigenvalue weighted by Crippen LogP contribution is 2.21. The van der Waals surface area contributed by atoms with Crippen molar-refractivity contribution < 1.29 is 9.53 Å². The summed E-state index contributed by atoms with van der Waals surface area (Å²) in [6, 6.07) is 3.87. The summed E-state index contributed by atoms with van der Waals surface area (Å²) in [4.78, 5) is 19.6. The van der Waals surface area contributed by atoms with Gasteiger partial charge in [0.1, 0.15) is 6.42 Å². The molecule has 0 amide bonds. The molecule has 0 N–H and O–H groups in total. The SMILES string of the molecule is COC(=O)Cc1nc2nccc(-c3ccsc3)n2n1. The van der Waals surface area contributed by atoms with Gasteiger partial charge in [0.05, 0.1) is 12.8 Å². The van der Waals surface area contributed by atoms with E-state index in [9.17, 15) is 4.79 Å². The Balaban J connectivity index is 2.08. The lowest BCUT2D eigenvalue weighted by atomic mass is 10.2. The fourth-order valence-corrected chi connectivity index (χ4v) is 2.39. The van der Waals surface area contributed by atoms with E-state index < -0.39 is 0 Å². The lowest BCUT2D eigenvalue weighted by Crippen LogP contribution is -2.06. The number of methoxy groups -OCH3 is 1. The maximum Gasteiger partial charge on any atom is 0.313 e. The van der Waals surface area contributed by atoms with Gasteiger partial charge in [-0.05, 0) is 17.5 Å². The molecule has 3 heterocycles. The predicted octanol–water partition coefficient (Wildman–Crippen LogP) is 1.57. The minimum atomic E-state index is -0.368. The summed E-state index contributed by atoms with van der Waals surface area (Å²) in [6.07, 6.45) is 1.72. The molecule has 0 aromatic carbocycles. The van der Waals surface area contributed by atoms with Crippen LogP contribution < -0.4 is 0 Å². The summed E-state index contributed by atoms with van der Waals surface area (Å²) in [6.45, 7) is 0. The Morgan fingerprint density at radius 3 is 3.11 bits per heavy atom. The van der Waals surface area contributed by atoms with Crippen LogP contribution in [-0.4, -0.2) is 32.7 Å². The van der Waals surface area contributed by atoms with Crippen molar-refractivity contribution in [1.82, 2.24) is 19.6 Å². The zero-order valence-electron chi connectivity index (χ0n) is 10.1. The van der Waals surface area contributed by atoms with Gasteiger partial charge in [-0.3, -0.25) is 4.79 Å². The fraction of sp³-hybridized carbons (Fsp3) is 0.167. The Kier molecular flexibility index (Phi) is 2.96. The summed E-state index contributed by atoms with van der Waals surface area (Å²) in [7, 11) is 1.34. The molecule has 0 unspecified atom stereocenters. The second-order valence-corrected chi connectivity index (χ2v) is 4.61. The van der Waals surface area contributed by atoms with Gasteiger partial charge in [0.25, 0.3) is 5.78 Å². The number of carbonyl (C=O) groups is 1. The Morgan fingerprint density at radius 2 is 2.37 bits per heavy atom. The minimum Gasteiger partial charge on any atom is -0.469 e. The summed E-state index contributed by atoms with van der Waals surface area (Å²) < 4.78 is 6.24. The summed E-state index contributed by atoms with van der Waals surface area (Å²) in [5, 5.41) is 8.32. The molecule has 0 atom stereocenters. The minimum absolute atomic E-state index is 0.0446. The number of esters is 1. The molecule has 3 rings (SSSR count). The molecule has 0 aliphatic rings. The maximum atomic E-state index is 11.2. The van der Waals surface area contributed by atoms with Crippen molar-refractivity contribution in [2.75, 3.05) is 7.11 Å². The summed E-state index contributed by atoms with van der Waals surface area (Å²) in [5.41, 5.74) is 1.95. The van der Waals surface area contributed by atoms with Gasteiger partial charge in [-0.25, -0.2) is 4.98 Å². The van der Waals surface area contributed by atoms with Crippen LogP contribution in [0.1, 0.15) is 5.82 Å². The Morgan fingerprint density at radius 1 is 1.47 bits per heavy atom. The summed E-state index contributed by atoms with van der Waals surface area (Å²) >= 11 is 1.61. The lowest BCUT2D eigenvalue weighted by molar-refractivity contribution is -0.139. The molecule has 96 valence electrons. The van der Waals surface area contributed by atoms with Crippen LogP contribution >= 0.6 is 11.3 Å². The van der Waals surface area contributed by atoms with Crippen molar-refractivity contribution in [2.24, 2.45) is 0 Å². The van der Waals surface area contributed by atoms with Crippen molar-refractivity contribution in [3.63, 3.8) is 0 Å². The van der Waals surface area contributed by atoms with Gasteiger partial charge in [-0.1, -0.05) is 0 Å². The van der Waals surface area contributed by atoms with E-state index in [1.807, 2.05) is 22.9 Å². The molecule has 0 spiro atoms. The number of carbonyl (C=O) groups excluding carboxylic acids is 1. The van der Waals surface area contributed by atoms with Crippen molar-refractivity contribution in [3.05, 3.63) is 34.9 Å². The van der Waals surface area contributed by atoms with E-state index in [0.29, 0.717) is 11.6 Å². The predicted molar refractivity (Wildman–Crippen MR) is 69.8 cm³/mol. The molecule has 0 aliphatic carbocycles. The first-order valence-electron chi connectivity index (χ1n) is 5.58. The molecule has 0 bridgehead atoms. The first kappa shape index (κ1) is 11.8. The van der Waals surface area contributed by atoms with Gasteiger partial charge < -0.3 is 4.74 Å². The van der Waals surface area contributed by atoms with E-state index in [1.165, 1.54) is 7.11 Å². The molecule has 19 heavy (non-hydrogen) atoms. The number of hydrogen-bond acceptors (Lipinski definition) is 6. The van der Waals surface area contributed by atoms with Crippen molar-refractivity contribution >= 4 is 23.1 Å². The quantitative estimate of drug-likeness (QED) is 0.678. The van der Waals surface area contributed by atoms with Gasteiger partial charge in [0.15, 0.2) is 5.82 Å². The summed E-state index contributed by atoms with van der Waals surface area (Å²) in [5.74, 6) is 0.512. The Hall–Kier alpha value is -2.28. The fourth-order valence-electron chi connectivity index (χ4n) is 1.74. The third kappa shape index (κ3) is 2.19. The normalized spacial score (nSPS) is 10.8. The molecule has 7 heteroatoms. The van der Waals surface area contributed by atoms with Crippen LogP contribution in [-0.2, 0) is 16.0 Å². The number of ether oxygens (including phenoxy) is 1. The number of fused-ring (bicyclic) bond motifs is 1. The van der Waals surface area contributed by atoms with E-state index in [4.69, 9.17) is 0 Å². The highest BCUT2D eigenvalue weighted by Gasteiger charge is 2.12. The molecule has 6 nitrogen and oxygen atoms in total. The van der Waals surface area contributed by atoms with E-state index in [0.717, 1.165) is 11.3 Å². The van der Waals surface area contributed by atoms with Crippen LogP contribution in [0.15, 0.2) is 29.1 Å². The van der Waals surface area contributed by atoms with Gasteiger partial charge in [0.2, 0.25) is 0 Å². The zero-order valence-corrected chi connectivity index (χ0v) is 10.9. The van der Waals surface area contributed by atoms with Crippen LogP contribution in [0.25, 0.3) is 17.0 Å². The van der Waals surface area contributed by atoms with Crippen molar-refractivity contribution in [3.8, 4) is 11.3 Å². The van der Waals surface area contributed by atoms with E-state index in [1.54, 1.807) is 22.0 Å². The standard InChI is InChI=1S/C12H10N4O2S/c1-18-11(17)6-10-14-12-13-4-2-9(16(12)15-10)8-3-5-19-7-8/h2-5,7H,6H2,1H3. The third-order valence-corrected chi connectivity index (χ3v) is 3.31. The van der Waals surface area contributed by atoms with E-state index in [-0.39, 0.29) is 12.4 Å². The topological polar surface area (TPSA) is 69.4 Å². The Bertz CT molecular complexity index is 720. The number of aromatic nitrogens is 4. The molecular weight excluding hydrogens is 264 g/mol. The molecule has 0 saturated carbocycles. The van der Waals surface area contributed by atoms with Crippen LogP contribution in [0.2, 0.25) is 0 Å². The molecule has 3 aromatic rings. The van der Waals surface area contributed by atoms with Crippen molar-refractivity contribution in [2.45, 2.75) is 6.42 Å². The van der Waals surface area contributed by atoms with Crippen LogP contribution in [0.4, 0.5) is 0 Å². The van der Waals surface area contributed by atoms with E-state index >= 15 is 0 Å². The maximum absolute atomic E-state index is 11.2. The zero-order chi connectivity index (χ0) is 13.2. The van der Waals surface area contributed by atoms with Gasteiger partial charge in [-0.2, -0.15) is 20.8 Å². The molecule has 3 aromatic heterocycles. The molecule has 0 fully saturated rings. The first-order valence-corrected chi connectivity index (χ1v) is 6.52. The van der Waals surface area contributed by atoms with Gasteiger partial charge in [-0.15, -0.1) is 5.10 Å². The van der Waals surface area contributed by atoms with Crippen LogP contribution in [0.3, 0.4) is 0 Å². The number of rotatable bonds is 3. The lowest BCUT2D eigenvalue weighted by Gasteiger charge is -1.99. The third-order valence-electron chi connectivity index (χ3n) is 2.63. The van der Waals surface area contributed by atoms with Crippen LogP contribution in [0.5, 0.6) is 0 Å². The second-order valence-electron chi connectivity index (χ2n) is 3.83. The number of thiophene rings is 1. The number of nitrogens with zero attached hydrogens (tertiary/aromatic N) is 4. The molecular formula is C12H10N4O2S. The smallest absolute Gasteiger partial charge is 0.313 e. The molecule has 0 radical (unpaired) electrons.